The molecule has 0 bridgehead atoms. The van der Waals surface area contributed by atoms with E-state index in [1.54, 1.807) is 18.2 Å². The molecular formula is C13H16N2O3. The van der Waals surface area contributed by atoms with Crippen LogP contribution in [0.1, 0.15) is 36.7 Å². The average molecular weight is 248 g/mol. The Morgan fingerprint density at radius 2 is 2.17 bits per heavy atom. The zero-order valence-electron chi connectivity index (χ0n) is 10.7. The number of benzene rings is 1. The molecule has 0 saturated carbocycles. The van der Waals surface area contributed by atoms with Gasteiger partial charge in [0.2, 0.25) is 0 Å². The van der Waals surface area contributed by atoms with Crippen molar-refractivity contribution < 1.29 is 14.7 Å². The van der Waals surface area contributed by atoms with Gasteiger partial charge in [-0.1, -0.05) is 17.3 Å². The minimum absolute atomic E-state index is 0.383. The fraction of sp³-hybridized carbons (Fsp3) is 0.385. The van der Waals surface area contributed by atoms with E-state index in [4.69, 9.17) is 9.94 Å². The third kappa shape index (κ3) is 2.30. The van der Waals surface area contributed by atoms with E-state index in [0.29, 0.717) is 23.5 Å². The standard InChI is InChI=1S/C13H16N2O3/c1-13(2,3)18-12(16)9-6-4-5-8-10(15-17)7-14-11(8)9/h4-6,14,17H,7H2,1-3H3/b15-10+. The molecule has 5 nitrogen and oxygen atoms in total. The third-order valence-electron chi connectivity index (χ3n) is 2.55. The minimum atomic E-state index is -0.535. The van der Waals surface area contributed by atoms with Crippen LogP contribution >= 0.6 is 0 Å². The summed E-state index contributed by atoms with van der Waals surface area (Å²) in [7, 11) is 0. The zero-order valence-corrected chi connectivity index (χ0v) is 10.7. The molecule has 0 atom stereocenters. The monoisotopic (exact) mass is 248 g/mol. The van der Waals surface area contributed by atoms with E-state index in [1.807, 2.05) is 20.8 Å². The van der Waals surface area contributed by atoms with Crippen molar-refractivity contribution in [2.75, 3.05) is 11.9 Å². The fourth-order valence-electron chi connectivity index (χ4n) is 1.84. The lowest BCUT2D eigenvalue weighted by molar-refractivity contribution is 0.00707. The van der Waals surface area contributed by atoms with Gasteiger partial charge >= 0.3 is 5.97 Å². The summed E-state index contributed by atoms with van der Waals surface area (Å²) in [6.45, 7) is 5.87. The summed E-state index contributed by atoms with van der Waals surface area (Å²) in [5.41, 5.74) is 1.85. The Balaban J connectivity index is 2.37. The van der Waals surface area contributed by atoms with Crippen LogP contribution in [0.2, 0.25) is 0 Å². The first-order valence-electron chi connectivity index (χ1n) is 5.74. The zero-order chi connectivity index (χ0) is 13.3. The van der Waals surface area contributed by atoms with Crippen molar-refractivity contribution in [1.29, 1.82) is 0 Å². The Kier molecular flexibility index (Phi) is 2.98. The van der Waals surface area contributed by atoms with Gasteiger partial charge in [0.15, 0.2) is 0 Å². The minimum Gasteiger partial charge on any atom is -0.456 e. The lowest BCUT2D eigenvalue weighted by Gasteiger charge is -2.20. The number of carbonyl (C=O) groups is 1. The molecule has 1 aromatic carbocycles. The highest BCUT2D eigenvalue weighted by Crippen LogP contribution is 2.28. The molecule has 1 aliphatic heterocycles. The van der Waals surface area contributed by atoms with Crippen molar-refractivity contribution >= 4 is 17.4 Å². The normalized spacial score (nSPS) is 16.3. The molecule has 0 radical (unpaired) electrons. The highest BCUT2D eigenvalue weighted by Gasteiger charge is 2.26. The molecule has 0 aliphatic carbocycles. The third-order valence-corrected chi connectivity index (χ3v) is 2.55. The summed E-state index contributed by atoms with van der Waals surface area (Å²) < 4.78 is 5.34. The number of ether oxygens (including phenoxy) is 1. The number of anilines is 1. The summed E-state index contributed by atoms with van der Waals surface area (Å²) >= 11 is 0. The van der Waals surface area contributed by atoms with Crippen LogP contribution in [0.4, 0.5) is 5.69 Å². The molecule has 18 heavy (non-hydrogen) atoms. The van der Waals surface area contributed by atoms with Crippen LogP contribution in [0.15, 0.2) is 23.4 Å². The molecule has 96 valence electrons. The second kappa shape index (κ2) is 4.33. The van der Waals surface area contributed by atoms with Gasteiger partial charge in [-0.3, -0.25) is 0 Å². The van der Waals surface area contributed by atoms with Gasteiger partial charge in [-0.15, -0.1) is 0 Å². The number of para-hydroxylation sites is 1. The topological polar surface area (TPSA) is 70.9 Å². The molecule has 1 aliphatic rings. The van der Waals surface area contributed by atoms with Gasteiger partial charge in [-0.2, -0.15) is 0 Å². The lowest BCUT2D eigenvalue weighted by atomic mass is 10.1. The number of esters is 1. The largest absolute Gasteiger partial charge is 0.456 e. The van der Waals surface area contributed by atoms with Gasteiger partial charge in [0.1, 0.15) is 11.3 Å². The summed E-state index contributed by atoms with van der Waals surface area (Å²) in [6, 6.07) is 5.24. The molecular weight excluding hydrogens is 232 g/mol. The number of hydrogen-bond acceptors (Lipinski definition) is 5. The summed E-state index contributed by atoms with van der Waals surface area (Å²) in [6.07, 6.45) is 0. The molecule has 2 N–H and O–H groups in total. The number of rotatable bonds is 1. The maximum Gasteiger partial charge on any atom is 0.340 e. The van der Waals surface area contributed by atoms with Crippen molar-refractivity contribution in [2.24, 2.45) is 5.16 Å². The maximum atomic E-state index is 12.1. The first-order chi connectivity index (χ1) is 8.42. The molecule has 2 rings (SSSR count). The van der Waals surface area contributed by atoms with Gasteiger partial charge in [0.25, 0.3) is 0 Å². The van der Waals surface area contributed by atoms with Crippen molar-refractivity contribution in [3.05, 3.63) is 29.3 Å². The molecule has 0 spiro atoms. The Hall–Kier alpha value is -2.04. The first-order valence-corrected chi connectivity index (χ1v) is 5.74. The molecule has 0 aromatic heterocycles. The highest BCUT2D eigenvalue weighted by atomic mass is 16.6. The van der Waals surface area contributed by atoms with E-state index >= 15 is 0 Å². The van der Waals surface area contributed by atoms with E-state index < -0.39 is 5.60 Å². The molecule has 5 heteroatoms. The van der Waals surface area contributed by atoms with E-state index in [9.17, 15) is 4.79 Å². The van der Waals surface area contributed by atoms with Crippen molar-refractivity contribution in [3.63, 3.8) is 0 Å². The van der Waals surface area contributed by atoms with Crippen LogP contribution in [0.5, 0.6) is 0 Å². The average Bonchev–Trinajstić information content (AvgIpc) is 2.69. The quantitative estimate of drug-likeness (QED) is 0.454. The number of nitrogens with zero attached hydrogens (tertiary/aromatic N) is 1. The van der Waals surface area contributed by atoms with Gasteiger partial charge in [0.05, 0.1) is 17.8 Å². The Bertz CT molecular complexity index is 515. The highest BCUT2D eigenvalue weighted by molar-refractivity contribution is 6.15. The second-order valence-corrected chi connectivity index (χ2v) is 5.13. The van der Waals surface area contributed by atoms with Gasteiger partial charge in [-0.05, 0) is 26.8 Å². The van der Waals surface area contributed by atoms with Gasteiger partial charge < -0.3 is 15.3 Å². The van der Waals surface area contributed by atoms with Crippen LogP contribution in [-0.2, 0) is 4.74 Å². The van der Waals surface area contributed by atoms with Crippen molar-refractivity contribution in [3.8, 4) is 0 Å². The Labute approximate surface area is 105 Å². The van der Waals surface area contributed by atoms with Crippen molar-refractivity contribution in [1.82, 2.24) is 0 Å². The predicted molar refractivity (Wildman–Crippen MR) is 68.4 cm³/mol. The number of fused-ring (bicyclic) bond motifs is 1. The molecule has 1 aromatic rings. The Morgan fingerprint density at radius 1 is 1.44 bits per heavy atom. The van der Waals surface area contributed by atoms with Crippen LogP contribution in [0, 0.1) is 0 Å². The van der Waals surface area contributed by atoms with E-state index in [0.717, 1.165) is 5.56 Å². The van der Waals surface area contributed by atoms with Gasteiger partial charge in [0, 0.05) is 5.56 Å². The SMILES string of the molecule is CC(C)(C)OC(=O)c1cccc2c1NC/C2=N\O. The molecule has 0 fully saturated rings. The van der Waals surface area contributed by atoms with Crippen LogP contribution in [0.3, 0.4) is 0 Å². The molecule has 0 saturated heterocycles. The number of carbonyl (C=O) groups excluding carboxylic acids is 1. The predicted octanol–water partition coefficient (Wildman–Crippen LogP) is 2.25. The first kappa shape index (κ1) is 12.4. The smallest absolute Gasteiger partial charge is 0.340 e. The lowest BCUT2D eigenvalue weighted by Crippen LogP contribution is -2.24. The fourth-order valence-corrected chi connectivity index (χ4v) is 1.84. The summed E-state index contributed by atoms with van der Waals surface area (Å²) in [4.78, 5) is 12.1. The summed E-state index contributed by atoms with van der Waals surface area (Å²) in [5.74, 6) is -0.383. The summed E-state index contributed by atoms with van der Waals surface area (Å²) in [5, 5.41) is 15.1. The van der Waals surface area contributed by atoms with Gasteiger partial charge in [-0.25, -0.2) is 4.79 Å². The number of nitrogens with one attached hydrogen (secondary N) is 1. The molecule has 1 heterocycles. The number of hydrogen-bond donors (Lipinski definition) is 2. The van der Waals surface area contributed by atoms with Crippen LogP contribution in [0.25, 0.3) is 0 Å². The van der Waals surface area contributed by atoms with E-state index in [1.165, 1.54) is 0 Å². The van der Waals surface area contributed by atoms with E-state index in [-0.39, 0.29) is 5.97 Å². The molecule has 0 unspecified atom stereocenters. The maximum absolute atomic E-state index is 12.1. The Morgan fingerprint density at radius 3 is 2.78 bits per heavy atom. The van der Waals surface area contributed by atoms with E-state index in [2.05, 4.69) is 10.5 Å². The van der Waals surface area contributed by atoms with Crippen molar-refractivity contribution in [2.45, 2.75) is 26.4 Å². The number of oxime groups is 1. The van der Waals surface area contributed by atoms with Crippen LogP contribution in [-0.4, -0.2) is 29.0 Å². The molecule has 0 amide bonds. The van der Waals surface area contributed by atoms with Crippen LogP contribution < -0.4 is 5.32 Å². The second-order valence-electron chi connectivity index (χ2n) is 5.13.